The van der Waals surface area contributed by atoms with Gasteiger partial charge in [0.15, 0.2) is 5.78 Å². The van der Waals surface area contributed by atoms with Crippen molar-refractivity contribution in [3.05, 3.63) is 54.1 Å². The van der Waals surface area contributed by atoms with Crippen molar-refractivity contribution in [2.24, 2.45) is 0 Å². The van der Waals surface area contributed by atoms with E-state index in [4.69, 9.17) is 4.55 Å². The molecule has 2 rings (SSSR count). The zero-order valence-corrected chi connectivity index (χ0v) is 13.7. The Balaban J connectivity index is 2.15. The van der Waals surface area contributed by atoms with Crippen LogP contribution in [0.25, 0.3) is 16.8 Å². The van der Waals surface area contributed by atoms with Gasteiger partial charge in [0.25, 0.3) is 0 Å². The quantitative estimate of drug-likeness (QED) is 0.597. The highest BCUT2D eigenvalue weighted by atomic mass is 32.2. The fraction of sp³-hybridized carbons (Fsp3) is 0.176. The van der Waals surface area contributed by atoms with Crippen molar-refractivity contribution in [3.8, 4) is 0 Å². The predicted molar refractivity (Wildman–Crippen MR) is 89.1 cm³/mol. The van der Waals surface area contributed by atoms with Crippen molar-refractivity contribution in [2.75, 3.05) is 0 Å². The molecule has 0 aliphatic carbocycles. The van der Waals surface area contributed by atoms with E-state index in [1.54, 1.807) is 30.3 Å². The Bertz CT molecular complexity index is 964. The lowest BCUT2D eigenvalue weighted by atomic mass is 10.00. The molecular formula is C17H14F2O5S. The van der Waals surface area contributed by atoms with Gasteiger partial charge in [-0.3, -0.25) is 14.1 Å². The molecule has 0 radical (unpaired) electrons. The number of fused-ring (bicyclic) bond motifs is 1. The molecule has 0 aliphatic rings. The van der Waals surface area contributed by atoms with Crippen LogP contribution in [0, 0.1) is 0 Å². The molecule has 132 valence electrons. The second kappa shape index (κ2) is 6.81. The molecule has 0 spiro atoms. The number of Topliss-reactive ketones (excluding diaryl/α,β-unsaturated/α-hetero) is 2. The monoisotopic (exact) mass is 368 g/mol. The Hall–Kier alpha value is -2.45. The van der Waals surface area contributed by atoms with Crippen LogP contribution in [0.3, 0.4) is 0 Å². The number of hydrogen-bond donors (Lipinski definition) is 1. The first-order chi connectivity index (χ1) is 11.6. The van der Waals surface area contributed by atoms with Crippen molar-refractivity contribution in [2.45, 2.75) is 18.1 Å². The molecule has 2 aromatic rings. The van der Waals surface area contributed by atoms with E-state index in [-0.39, 0.29) is 5.56 Å². The first kappa shape index (κ1) is 18.9. The Labute approximate surface area is 142 Å². The van der Waals surface area contributed by atoms with Crippen LogP contribution in [0.2, 0.25) is 0 Å². The van der Waals surface area contributed by atoms with Gasteiger partial charge in [-0.05, 0) is 28.5 Å². The van der Waals surface area contributed by atoms with Crippen molar-refractivity contribution in [3.63, 3.8) is 0 Å². The summed E-state index contributed by atoms with van der Waals surface area (Å²) in [7, 11) is -5.85. The maximum Gasteiger partial charge on any atom is 0.426 e. The van der Waals surface area contributed by atoms with Crippen LogP contribution in [0.15, 0.2) is 43.0 Å². The van der Waals surface area contributed by atoms with Crippen molar-refractivity contribution in [1.29, 1.82) is 0 Å². The normalized spacial score (nSPS) is 12.1. The number of carbonyl (C=O) groups excluding carboxylic acids is 2. The third kappa shape index (κ3) is 3.97. The molecule has 0 fully saturated rings. The van der Waals surface area contributed by atoms with Crippen molar-refractivity contribution >= 4 is 38.5 Å². The highest BCUT2D eigenvalue weighted by molar-refractivity contribution is 7.87. The average molecular weight is 368 g/mol. The predicted octanol–water partition coefficient (Wildman–Crippen LogP) is 3.50. The van der Waals surface area contributed by atoms with Gasteiger partial charge in [0, 0.05) is 18.4 Å². The van der Waals surface area contributed by atoms with Crippen LogP contribution in [0.5, 0.6) is 0 Å². The van der Waals surface area contributed by atoms with E-state index in [1.807, 2.05) is 6.07 Å². The number of benzene rings is 2. The Morgan fingerprint density at radius 1 is 1.08 bits per heavy atom. The number of carbonyl (C=O) groups is 2. The number of rotatable bonds is 7. The summed E-state index contributed by atoms with van der Waals surface area (Å²) in [5.41, 5.74) is 1.10. The summed E-state index contributed by atoms with van der Waals surface area (Å²) in [6.07, 6.45) is 0.0682. The number of ketones is 2. The zero-order chi connectivity index (χ0) is 18.8. The van der Waals surface area contributed by atoms with Crippen LogP contribution in [0.1, 0.15) is 28.8 Å². The lowest BCUT2D eigenvalue weighted by molar-refractivity contribution is -0.133. The number of halogens is 2. The minimum Gasteiger partial charge on any atom is -0.294 e. The van der Waals surface area contributed by atoms with Crippen LogP contribution in [-0.4, -0.2) is 29.8 Å². The van der Waals surface area contributed by atoms with Gasteiger partial charge < -0.3 is 0 Å². The highest BCUT2D eigenvalue weighted by Gasteiger charge is 2.51. The first-order valence-electron chi connectivity index (χ1n) is 7.14. The van der Waals surface area contributed by atoms with Crippen LogP contribution >= 0.6 is 0 Å². The van der Waals surface area contributed by atoms with Gasteiger partial charge >= 0.3 is 15.4 Å². The van der Waals surface area contributed by atoms with E-state index in [0.717, 1.165) is 16.3 Å². The second-order valence-corrected chi connectivity index (χ2v) is 6.83. The largest absolute Gasteiger partial charge is 0.426 e. The third-order valence-corrected chi connectivity index (χ3v) is 4.53. The molecule has 1 N–H and O–H groups in total. The SMILES string of the molecule is C=Cc1ccc2cc(C(=O)CCC(=O)C(F)(F)S(=O)(=O)O)ccc2c1. The van der Waals surface area contributed by atoms with Crippen LogP contribution in [0.4, 0.5) is 8.78 Å². The lowest BCUT2D eigenvalue weighted by Gasteiger charge is -2.11. The van der Waals surface area contributed by atoms with Gasteiger partial charge in [-0.2, -0.15) is 17.2 Å². The molecule has 0 saturated heterocycles. The summed E-state index contributed by atoms with van der Waals surface area (Å²) in [5.74, 6) is -2.62. The topological polar surface area (TPSA) is 88.5 Å². The van der Waals surface area contributed by atoms with Crippen LogP contribution < -0.4 is 0 Å². The molecule has 5 nitrogen and oxygen atoms in total. The Morgan fingerprint density at radius 2 is 1.68 bits per heavy atom. The zero-order valence-electron chi connectivity index (χ0n) is 12.9. The van der Waals surface area contributed by atoms with E-state index in [9.17, 15) is 26.8 Å². The van der Waals surface area contributed by atoms with Gasteiger partial charge in [0.1, 0.15) is 0 Å². The van der Waals surface area contributed by atoms with E-state index in [2.05, 4.69) is 6.58 Å². The summed E-state index contributed by atoms with van der Waals surface area (Å²) in [4.78, 5) is 23.3. The minimum atomic E-state index is -5.85. The van der Waals surface area contributed by atoms with E-state index < -0.39 is 39.8 Å². The van der Waals surface area contributed by atoms with E-state index in [1.165, 1.54) is 6.07 Å². The van der Waals surface area contributed by atoms with Gasteiger partial charge in [0.2, 0.25) is 5.78 Å². The Kier molecular flexibility index (Phi) is 5.15. The molecule has 2 aromatic carbocycles. The third-order valence-electron chi connectivity index (χ3n) is 3.65. The molecule has 0 aliphatic heterocycles. The molecule has 0 unspecified atom stereocenters. The highest BCUT2D eigenvalue weighted by Crippen LogP contribution is 2.25. The molecule has 0 bridgehead atoms. The molecule has 8 heteroatoms. The van der Waals surface area contributed by atoms with Crippen molar-refractivity contribution < 1.29 is 31.3 Å². The minimum absolute atomic E-state index is 0.210. The van der Waals surface area contributed by atoms with Crippen LogP contribution in [-0.2, 0) is 14.9 Å². The Morgan fingerprint density at radius 3 is 2.28 bits per heavy atom. The maximum atomic E-state index is 13.1. The van der Waals surface area contributed by atoms with Gasteiger partial charge in [0.05, 0.1) is 0 Å². The van der Waals surface area contributed by atoms with E-state index >= 15 is 0 Å². The summed E-state index contributed by atoms with van der Waals surface area (Å²) in [5, 5.41) is -3.33. The summed E-state index contributed by atoms with van der Waals surface area (Å²) in [6.45, 7) is 3.65. The summed E-state index contributed by atoms with van der Waals surface area (Å²) >= 11 is 0. The average Bonchev–Trinajstić information content (AvgIpc) is 2.57. The molecular weight excluding hydrogens is 354 g/mol. The molecule has 0 amide bonds. The summed E-state index contributed by atoms with van der Waals surface area (Å²) in [6, 6.07) is 10.1. The maximum absolute atomic E-state index is 13.1. The summed E-state index contributed by atoms with van der Waals surface area (Å²) < 4.78 is 55.7. The smallest absolute Gasteiger partial charge is 0.294 e. The molecule has 25 heavy (non-hydrogen) atoms. The molecule has 0 saturated carbocycles. The second-order valence-electron chi connectivity index (χ2n) is 5.36. The van der Waals surface area contributed by atoms with E-state index in [0.29, 0.717) is 0 Å². The standard InChI is InChI=1S/C17H14F2O5S/c1-2-11-3-4-13-10-14(6-5-12(13)9-11)15(20)7-8-16(21)17(18,19)25(22,23)24/h2-6,9-10H,1,7-8H2,(H,22,23,24). The number of hydrogen-bond acceptors (Lipinski definition) is 4. The number of alkyl halides is 2. The van der Waals surface area contributed by atoms with Gasteiger partial charge in [-0.25, -0.2) is 0 Å². The lowest BCUT2D eigenvalue weighted by Crippen LogP contribution is -2.37. The molecule has 0 atom stereocenters. The fourth-order valence-corrected chi connectivity index (χ4v) is 2.62. The molecule has 0 heterocycles. The fourth-order valence-electron chi connectivity index (χ4n) is 2.23. The van der Waals surface area contributed by atoms with Crippen molar-refractivity contribution in [1.82, 2.24) is 0 Å². The van der Waals surface area contributed by atoms with Gasteiger partial charge in [-0.1, -0.05) is 36.9 Å². The van der Waals surface area contributed by atoms with Gasteiger partial charge in [-0.15, -0.1) is 0 Å². The first-order valence-corrected chi connectivity index (χ1v) is 8.58. The molecule has 0 aromatic heterocycles.